The summed E-state index contributed by atoms with van der Waals surface area (Å²) in [4.78, 5) is 11.0. The molecule has 0 radical (unpaired) electrons. The molecule has 4 heterocycles. The quantitative estimate of drug-likeness (QED) is 0.393. The lowest BCUT2D eigenvalue weighted by molar-refractivity contribution is 0.453. The fraction of sp³-hybridized carbons (Fsp3) is 0.238. The Morgan fingerprint density at radius 1 is 1.06 bits per heavy atom. The van der Waals surface area contributed by atoms with E-state index in [1.807, 2.05) is 16.7 Å². The van der Waals surface area contributed by atoms with Gasteiger partial charge in [-0.25, -0.2) is 9.37 Å². The molecular weight excluding hydrogens is 419 g/mol. The van der Waals surface area contributed by atoms with Gasteiger partial charge in [-0.15, -0.1) is 10.2 Å². The van der Waals surface area contributed by atoms with Gasteiger partial charge in [0.1, 0.15) is 17.3 Å². The second-order valence-electron chi connectivity index (χ2n) is 6.98. The van der Waals surface area contributed by atoms with Crippen molar-refractivity contribution in [3.63, 3.8) is 0 Å². The van der Waals surface area contributed by atoms with Gasteiger partial charge in [-0.3, -0.25) is 4.57 Å². The van der Waals surface area contributed by atoms with Crippen LogP contribution in [0.15, 0.2) is 69.7 Å². The molecule has 1 fully saturated rings. The van der Waals surface area contributed by atoms with Crippen molar-refractivity contribution in [3.05, 3.63) is 66.5 Å². The van der Waals surface area contributed by atoms with Crippen LogP contribution in [0.2, 0.25) is 0 Å². The summed E-state index contributed by atoms with van der Waals surface area (Å²) in [5, 5.41) is 9.95. The van der Waals surface area contributed by atoms with Gasteiger partial charge in [-0.05, 0) is 61.0 Å². The molecule has 0 N–H and O–H groups in total. The largest absolute Gasteiger partial charge is 0.467 e. The zero-order valence-electron chi connectivity index (χ0n) is 16.5. The molecular formula is C21H19FN6O2S. The summed E-state index contributed by atoms with van der Waals surface area (Å²) >= 11 is 1.30. The van der Waals surface area contributed by atoms with E-state index in [0.717, 1.165) is 37.6 Å². The summed E-state index contributed by atoms with van der Waals surface area (Å²) in [5.41, 5.74) is 0. The van der Waals surface area contributed by atoms with Gasteiger partial charge in [0, 0.05) is 25.4 Å². The van der Waals surface area contributed by atoms with E-state index in [1.54, 1.807) is 30.7 Å². The lowest BCUT2D eigenvalue weighted by Crippen LogP contribution is -2.22. The standard InChI is InChI=1S/C21H19FN6O2S/c22-15-5-7-16(8-6-15)30-18-9-10-23-19(24-18)31-21-26-25-20(27-11-1-2-12-27)28(21)14-17-4-3-13-29-17/h3-10,13H,1-2,11-12,14H2. The molecule has 1 aromatic carbocycles. The van der Waals surface area contributed by atoms with Crippen LogP contribution in [0, 0.1) is 5.82 Å². The summed E-state index contributed by atoms with van der Waals surface area (Å²) in [6.45, 7) is 2.43. The van der Waals surface area contributed by atoms with E-state index in [4.69, 9.17) is 9.15 Å². The Bertz CT molecular complexity index is 1140. The molecule has 0 spiro atoms. The average Bonchev–Trinajstić information content (AvgIpc) is 3.54. The Morgan fingerprint density at radius 2 is 1.90 bits per heavy atom. The number of ether oxygens (including phenoxy) is 1. The monoisotopic (exact) mass is 438 g/mol. The second kappa shape index (κ2) is 8.76. The molecule has 31 heavy (non-hydrogen) atoms. The Morgan fingerprint density at radius 3 is 2.68 bits per heavy atom. The predicted octanol–water partition coefficient (Wildman–Crippen LogP) is 4.39. The minimum atomic E-state index is -0.323. The van der Waals surface area contributed by atoms with Crippen LogP contribution in [0.1, 0.15) is 18.6 Å². The molecule has 8 nitrogen and oxygen atoms in total. The highest BCUT2D eigenvalue weighted by Gasteiger charge is 2.23. The number of anilines is 1. The molecule has 0 saturated carbocycles. The van der Waals surface area contributed by atoms with Crippen LogP contribution in [0.4, 0.5) is 10.3 Å². The van der Waals surface area contributed by atoms with Crippen LogP contribution in [0.5, 0.6) is 11.6 Å². The van der Waals surface area contributed by atoms with Crippen molar-refractivity contribution in [2.45, 2.75) is 29.7 Å². The number of furan rings is 1. The molecule has 0 aliphatic carbocycles. The van der Waals surface area contributed by atoms with E-state index in [2.05, 4.69) is 25.1 Å². The molecule has 5 rings (SSSR count). The second-order valence-corrected chi connectivity index (χ2v) is 7.91. The molecule has 10 heteroatoms. The maximum Gasteiger partial charge on any atom is 0.228 e. The first kappa shape index (κ1) is 19.6. The molecule has 0 bridgehead atoms. The third-order valence-electron chi connectivity index (χ3n) is 4.81. The van der Waals surface area contributed by atoms with E-state index < -0.39 is 0 Å². The zero-order chi connectivity index (χ0) is 21.0. The molecule has 0 atom stereocenters. The fourth-order valence-corrected chi connectivity index (χ4v) is 4.09. The summed E-state index contributed by atoms with van der Waals surface area (Å²) < 4.78 is 26.4. The van der Waals surface area contributed by atoms with E-state index >= 15 is 0 Å². The number of nitrogens with zero attached hydrogens (tertiary/aromatic N) is 6. The summed E-state index contributed by atoms with van der Waals surface area (Å²) in [6.07, 6.45) is 5.55. The molecule has 158 valence electrons. The number of hydrogen-bond acceptors (Lipinski definition) is 8. The van der Waals surface area contributed by atoms with Gasteiger partial charge < -0.3 is 14.1 Å². The first-order chi connectivity index (χ1) is 15.2. The van der Waals surface area contributed by atoms with Gasteiger partial charge in [0.05, 0.1) is 12.8 Å². The fourth-order valence-electron chi connectivity index (χ4n) is 3.34. The number of halogens is 1. The summed E-state index contributed by atoms with van der Waals surface area (Å²) in [6, 6.07) is 11.2. The number of rotatable bonds is 7. The van der Waals surface area contributed by atoms with E-state index in [-0.39, 0.29) is 5.82 Å². The minimum absolute atomic E-state index is 0.323. The Kier molecular flexibility index (Phi) is 5.53. The molecule has 3 aromatic heterocycles. The average molecular weight is 438 g/mol. The van der Waals surface area contributed by atoms with Gasteiger partial charge >= 0.3 is 0 Å². The highest BCUT2D eigenvalue weighted by atomic mass is 32.2. The predicted molar refractivity (Wildman–Crippen MR) is 112 cm³/mol. The summed E-state index contributed by atoms with van der Waals surface area (Å²) in [5.74, 6) is 2.16. The molecule has 1 saturated heterocycles. The van der Waals surface area contributed by atoms with Crippen molar-refractivity contribution in [1.29, 1.82) is 0 Å². The van der Waals surface area contributed by atoms with Crippen LogP contribution >= 0.6 is 11.8 Å². The molecule has 0 unspecified atom stereocenters. The van der Waals surface area contributed by atoms with Crippen LogP contribution in [-0.4, -0.2) is 37.8 Å². The van der Waals surface area contributed by atoms with Crippen LogP contribution in [0.3, 0.4) is 0 Å². The lowest BCUT2D eigenvalue weighted by atomic mass is 10.3. The molecule has 1 aliphatic heterocycles. The topological polar surface area (TPSA) is 82.1 Å². The maximum atomic E-state index is 13.1. The van der Waals surface area contributed by atoms with Crippen molar-refractivity contribution < 1.29 is 13.5 Å². The first-order valence-corrected chi connectivity index (χ1v) is 10.7. The first-order valence-electron chi connectivity index (χ1n) is 9.89. The van der Waals surface area contributed by atoms with Gasteiger partial charge in [-0.2, -0.15) is 4.98 Å². The van der Waals surface area contributed by atoms with Crippen molar-refractivity contribution in [1.82, 2.24) is 24.7 Å². The number of benzene rings is 1. The normalized spacial score (nSPS) is 13.6. The number of hydrogen-bond donors (Lipinski definition) is 0. The van der Waals surface area contributed by atoms with Crippen LogP contribution in [0.25, 0.3) is 0 Å². The van der Waals surface area contributed by atoms with Crippen molar-refractivity contribution in [3.8, 4) is 11.6 Å². The molecule has 1 aliphatic rings. The van der Waals surface area contributed by atoms with Gasteiger partial charge in [0.25, 0.3) is 0 Å². The van der Waals surface area contributed by atoms with Gasteiger partial charge in [0.15, 0.2) is 5.16 Å². The Balaban J connectivity index is 1.39. The molecule has 0 amide bonds. The highest BCUT2D eigenvalue weighted by Crippen LogP contribution is 2.30. The lowest BCUT2D eigenvalue weighted by Gasteiger charge is -2.17. The maximum absolute atomic E-state index is 13.1. The summed E-state index contributed by atoms with van der Waals surface area (Å²) in [7, 11) is 0. The zero-order valence-corrected chi connectivity index (χ0v) is 17.3. The van der Waals surface area contributed by atoms with Gasteiger partial charge in [-0.1, -0.05) is 0 Å². The third-order valence-corrected chi connectivity index (χ3v) is 5.67. The highest BCUT2D eigenvalue weighted by molar-refractivity contribution is 7.99. The van der Waals surface area contributed by atoms with E-state index in [9.17, 15) is 4.39 Å². The number of aromatic nitrogens is 5. The SMILES string of the molecule is Fc1ccc(Oc2ccnc(Sc3nnc(N4CCCC4)n3Cc3ccco3)n2)cc1. The smallest absolute Gasteiger partial charge is 0.228 e. The Hall–Kier alpha value is -3.40. The van der Waals surface area contributed by atoms with Crippen LogP contribution in [-0.2, 0) is 6.54 Å². The third kappa shape index (κ3) is 4.53. The van der Waals surface area contributed by atoms with Crippen molar-refractivity contribution >= 4 is 17.7 Å². The van der Waals surface area contributed by atoms with Crippen molar-refractivity contribution in [2.24, 2.45) is 0 Å². The Labute approximate surface area is 182 Å². The van der Waals surface area contributed by atoms with Crippen molar-refractivity contribution in [2.75, 3.05) is 18.0 Å². The minimum Gasteiger partial charge on any atom is -0.467 e. The van der Waals surface area contributed by atoms with Gasteiger partial charge in [0.2, 0.25) is 17.0 Å². The molecule has 4 aromatic rings. The van der Waals surface area contributed by atoms with E-state index in [1.165, 1.54) is 23.9 Å². The van der Waals surface area contributed by atoms with E-state index in [0.29, 0.717) is 28.5 Å². The van der Waals surface area contributed by atoms with Crippen LogP contribution < -0.4 is 9.64 Å².